The zero-order valence-electron chi connectivity index (χ0n) is 14.0. The Kier molecular flexibility index (Phi) is 6.66. The molecule has 0 aliphatic carbocycles. The SMILES string of the molecule is Cc1cc(Br)ccc1NC(=O)CN(C)CC(=O)Nc1ccccc1F. The summed E-state index contributed by atoms with van der Waals surface area (Å²) in [6.45, 7) is 1.91. The third kappa shape index (κ3) is 5.95. The zero-order chi connectivity index (χ0) is 18.4. The summed E-state index contributed by atoms with van der Waals surface area (Å²) in [6, 6.07) is 11.5. The van der Waals surface area contributed by atoms with Crippen LogP contribution >= 0.6 is 15.9 Å². The van der Waals surface area contributed by atoms with Crippen LogP contribution in [0, 0.1) is 12.7 Å². The number of rotatable bonds is 6. The van der Waals surface area contributed by atoms with Gasteiger partial charge in [-0.15, -0.1) is 0 Å². The van der Waals surface area contributed by atoms with Gasteiger partial charge < -0.3 is 10.6 Å². The fourth-order valence-corrected chi connectivity index (χ4v) is 2.73. The van der Waals surface area contributed by atoms with Crippen LogP contribution in [-0.2, 0) is 9.59 Å². The van der Waals surface area contributed by atoms with Crippen molar-refractivity contribution < 1.29 is 14.0 Å². The number of carbonyl (C=O) groups excluding carboxylic acids is 2. The Morgan fingerprint density at radius 1 is 1.04 bits per heavy atom. The highest BCUT2D eigenvalue weighted by Crippen LogP contribution is 2.20. The van der Waals surface area contributed by atoms with Gasteiger partial charge in [0.25, 0.3) is 0 Å². The molecule has 0 bridgehead atoms. The molecule has 5 nitrogen and oxygen atoms in total. The monoisotopic (exact) mass is 407 g/mol. The van der Waals surface area contributed by atoms with E-state index in [-0.39, 0.29) is 30.6 Å². The molecule has 2 rings (SSSR count). The number of halogens is 2. The predicted octanol–water partition coefficient (Wildman–Crippen LogP) is 3.41. The highest BCUT2D eigenvalue weighted by atomic mass is 79.9. The molecule has 0 aliphatic heterocycles. The average Bonchev–Trinajstić information content (AvgIpc) is 2.52. The van der Waals surface area contributed by atoms with Crippen molar-refractivity contribution >= 4 is 39.1 Å². The number of anilines is 2. The van der Waals surface area contributed by atoms with Gasteiger partial charge in [-0.05, 0) is 49.9 Å². The first-order valence-electron chi connectivity index (χ1n) is 7.64. The van der Waals surface area contributed by atoms with E-state index in [0.29, 0.717) is 0 Å². The van der Waals surface area contributed by atoms with E-state index in [1.54, 1.807) is 24.1 Å². The van der Waals surface area contributed by atoms with Crippen molar-refractivity contribution in [3.8, 4) is 0 Å². The van der Waals surface area contributed by atoms with Gasteiger partial charge >= 0.3 is 0 Å². The van der Waals surface area contributed by atoms with Crippen molar-refractivity contribution in [2.24, 2.45) is 0 Å². The molecule has 0 fully saturated rings. The Labute approximate surface area is 154 Å². The van der Waals surface area contributed by atoms with Crippen molar-refractivity contribution in [1.82, 2.24) is 4.90 Å². The topological polar surface area (TPSA) is 61.4 Å². The molecule has 0 saturated heterocycles. The van der Waals surface area contributed by atoms with Crippen LogP contribution in [0.5, 0.6) is 0 Å². The number of amides is 2. The van der Waals surface area contributed by atoms with Crippen LogP contribution in [0.25, 0.3) is 0 Å². The summed E-state index contributed by atoms with van der Waals surface area (Å²) < 4.78 is 14.4. The molecular formula is C18H19BrFN3O2. The zero-order valence-corrected chi connectivity index (χ0v) is 15.6. The fraction of sp³-hybridized carbons (Fsp3) is 0.222. The summed E-state index contributed by atoms with van der Waals surface area (Å²) in [7, 11) is 1.65. The van der Waals surface area contributed by atoms with E-state index in [0.717, 1.165) is 15.7 Å². The molecule has 7 heteroatoms. The normalized spacial score (nSPS) is 10.6. The summed E-state index contributed by atoms with van der Waals surface area (Å²) in [4.78, 5) is 25.6. The van der Waals surface area contributed by atoms with E-state index in [9.17, 15) is 14.0 Å². The Balaban J connectivity index is 1.84. The smallest absolute Gasteiger partial charge is 0.238 e. The molecular weight excluding hydrogens is 389 g/mol. The highest BCUT2D eigenvalue weighted by molar-refractivity contribution is 9.10. The predicted molar refractivity (Wildman–Crippen MR) is 100 cm³/mol. The number of carbonyl (C=O) groups is 2. The lowest BCUT2D eigenvalue weighted by Gasteiger charge is -2.17. The van der Waals surface area contributed by atoms with Gasteiger partial charge in [0.15, 0.2) is 0 Å². The van der Waals surface area contributed by atoms with Gasteiger partial charge in [0.2, 0.25) is 11.8 Å². The number of hydrogen-bond acceptors (Lipinski definition) is 3. The van der Waals surface area contributed by atoms with E-state index >= 15 is 0 Å². The van der Waals surface area contributed by atoms with E-state index in [2.05, 4.69) is 26.6 Å². The minimum atomic E-state index is -0.498. The molecule has 2 aromatic carbocycles. The van der Waals surface area contributed by atoms with Crippen molar-refractivity contribution in [2.45, 2.75) is 6.92 Å². The highest BCUT2D eigenvalue weighted by Gasteiger charge is 2.13. The standard InChI is InChI=1S/C18H19BrFN3O2/c1-12-9-13(19)7-8-15(12)21-17(24)10-23(2)11-18(25)22-16-6-4-3-5-14(16)20/h3-9H,10-11H2,1-2H3,(H,21,24)(H,22,25). The van der Waals surface area contributed by atoms with Gasteiger partial charge in [-0.3, -0.25) is 14.5 Å². The van der Waals surface area contributed by atoms with E-state index < -0.39 is 5.82 Å². The Morgan fingerprint density at radius 3 is 2.24 bits per heavy atom. The second kappa shape index (κ2) is 8.73. The third-order valence-corrected chi connectivity index (χ3v) is 3.93. The Bertz CT molecular complexity index is 783. The second-order valence-electron chi connectivity index (χ2n) is 5.71. The number of benzene rings is 2. The van der Waals surface area contributed by atoms with Crippen molar-refractivity contribution in [3.05, 3.63) is 58.3 Å². The first-order valence-corrected chi connectivity index (χ1v) is 8.43. The molecule has 132 valence electrons. The first kappa shape index (κ1) is 19.1. The van der Waals surface area contributed by atoms with Crippen LogP contribution in [0.2, 0.25) is 0 Å². The minimum Gasteiger partial charge on any atom is -0.325 e. The number of nitrogens with one attached hydrogen (secondary N) is 2. The van der Waals surface area contributed by atoms with Crippen LogP contribution in [0.1, 0.15) is 5.56 Å². The second-order valence-corrected chi connectivity index (χ2v) is 6.62. The quantitative estimate of drug-likeness (QED) is 0.770. The van der Waals surface area contributed by atoms with Gasteiger partial charge in [-0.1, -0.05) is 28.1 Å². The summed E-state index contributed by atoms with van der Waals surface area (Å²) in [5, 5.41) is 5.29. The fourth-order valence-electron chi connectivity index (χ4n) is 2.26. The number of para-hydroxylation sites is 1. The van der Waals surface area contributed by atoms with Gasteiger partial charge in [0.05, 0.1) is 18.8 Å². The molecule has 0 unspecified atom stereocenters. The van der Waals surface area contributed by atoms with E-state index in [1.165, 1.54) is 12.1 Å². The summed E-state index contributed by atoms with van der Waals surface area (Å²) >= 11 is 3.37. The molecule has 0 atom stereocenters. The maximum absolute atomic E-state index is 13.5. The van der Waals surface area contributed by atoms with E-state index in [4.69, 9.17) is 0 Å². The Hall–Kier alpha value is -2.25. The molecule has 0 aliphatic rings. The molecule has 2 amide bonds. The lowest BCUT2D eigenvalue weighted by Crippen LogP contribution is -2.36. The van der Waals surface area contributed by atoms with E-state index in [1.807, 2.05) is 25.1 Å². The lowest BCUT2D eigenvalue weighted by atomic mass is 10.2. The van der Waals surface area contributed by atoms with Gasteiger partial charge in [-0.25, -0.2) is 4.39 Å². The molecule has 2 aromatic rings. The average molecular weight is 408 g/mol. The number of hydrogen-bond donors (Lipinski definition) is 2. The van der Waals surface area contributed by atoms with Crippen LogP contribution < -0.4 is 10.6 Å². The summed E-state index contributed by atoms with van der Waals surface area (Å²) in [5.74, 6) is -1.12. The lowest BCUT2D eigenvalue weighted by molar-refractivity contribution is -0.119. The van der Waals surface area contributed by atoms with Gasteiger partial charge in [-0.2, -0.15) is 0 Å². The maximum Gasteiger partial charge on any atom is 0.238 e. The van der Waals surface area contributed by atoms with Crippen molar-refractivity contribution in [3.63, 3.8) is 0 Å². The van der Waals surface area contributed by atoms with Crippen molar-refractivity contribution in [2.75, 3.05) is 30.8 Å². The first-order chi connectivity index (χ1) is 11.8. The molecule has 0 spiro atoms. The maximum atomic E-state index is 13.5. The van der Waals surface area contributed by atoms with Crippen LogP contribution in [0.3, 0.4) is 0 Å². The number of nitrogens with zero attached hydrogens (tertiary/aromatic N) is 1. The summed E-state index contributed by atoms with van der Waals surface area (Å²) in [6.07, 6.45) is 0. The molecule has 2 N–H and O–H groups in total. The number of aryl methyl sites for hydroxylation is 1. The number of likely N-dealkylation sites (N-methyl/N-ethyl adjacent to an activating group) is 1. The van der Waals surface area contributed by atoms with Crippen molar-refractivity contribution in [1.29, 1.82) is 0 Å². The largest absolute Gasteiger partial charge is 0.325 e. The molecule has 25 heavy (non-hydrogen) atoms. The molecule has 0 heterocycles. The van der Waals surface area contributed by atoms with Crippen LogP contribution in [-0.4, -0.2) is 36.9 Å². The van der Waals surface area contributed by atoms with Crippen LogP contribution in [0.4, 0.5) is 15.8 Å². The van der Waals surface area contributed by atoms with Gasteiger partial charge in [0.1, 0.15) is 5.82 Å². The minimum absolute atomic E-state index is 0.0267. The van der Waals surface area contributed by atoms with Gasteiger partial charge in [0, 0.05) is 10.2 Å². The molecule has 0 saturated carbocycles. The molecule has 0 aromatic heterocycles. The third-order valence-electron chi connectivity index (χ3n) is 3.44. The Morgan fingerprint density at radius 2 is 1.64 bits per heavy atom. The molecule has 0 radical (unpaired) electrons. The summed E-state index contributed by atoms with van der Waals surface area (Å²) in [5.41, 5.74) is 1.77. The van der Waals surface area contributed by atoms with Crippen LogP contribution in [0.15, 0.2) is 46.9 Å².